The average Bonchev–Trinajstić information content (AvgIpc) is 2.51. The molecule has 1 aliphatic rings. The van der Waals surface area contributed by atoms with Gasteiger partial charge in [0.25, 0.3) is 0 Å². The summed E-state index contributed by atoms with van der Waals surface area (Å²) >= 11 is 0. The van der Waals surface area contributed by atoms with Crippen molar-refractivity contribution in [3.63, 3.8) is 0 Å². The minimum Gasteiger partial charge on any atom is -0.467 e. The lowest BCUT2D eigenvalue weighted by Crippen LogP contribution is -2.56. The molecule has 0 saturated heterocycles. The van der Waals surface area contributed by atoms with Crippen LogP contribution in [0.15, 0.2) is 18.2 Å². The van der Waals surface area contributed by atoms with E-state index in [1.165, 1.54) is 18.2 Å². The fraction of sp³-hybridized carbons (Fsp3) is 0.556. The third-order valence-corrected chi connectivity index (χ3v) is 4.60. The number of carbonyl (C=O) groups excluding carboxylic acids is 2. The van der Waals surface area contributed by atoms with E-state index in [9.17, 15) is 9.59 Å². The van der Waals surface area contributed by atoms with Crippen LogP contribution in [0.3, 0.4) is 0 Å². The third-order valence-electron chi connectivity index (χ3n) is 4.60. The molecule has 1 saturated carbocycles. The predicted molar refractivity (Wildman–Crippen MR) is 85.6 cm³/mol. The summed E-state index contributed by atoms with van der Waals surface area (Å²) in [6.07, 6.45) is 4.61. The van der Waals surface area contributed by atoms with Crippen LogP contribution in [0.1, 0.15) is 48.8 Å². The summed E-state index contributed by atoms with van der Waals surface area (Å²) in [6.45, 7) is 4.08. The highest BCUT2D eigenvalue weighted by molar-refractivity contribution is 5.89. The van der Waals surface area contributed by atoms with Crippen LogP contribution in [-0.2, 0) is 20.7 Å². The van der Waals surface area contributed by atoms with E-state index in [1.807, 2.05) is 32.0 Å². The van der Waals surface area contributed by atoms with Gasteiger partial charge in [0.05, 0.1) is 13.5 Å². The van der Waals surface area contributed by atoms with Gasteiger partial charge in [0.2, 0.25) is 5.91 Å². The number of rotatable bonds is 4. The summed E-state index contributed by atoms with van der Waals surface area (Å²) in [7, 11) is 1.38. The van der Waals surface area contributed by atoms with E-state index >= 15 is 0 Å². The van der Waals surface area contributed by atoms with E-state index in [4.69, 9.17) is 4.74 Å². The Bertz CT molecular complexity index is 559. The Morgan fingerprint density at radius 3 is 2.41 bits per heavy atom. The van der Waals surface area contributed by atoms with Crippen molar-refractivity contribution in [3.8, 4) is 0 Å². The second-order valence-corrected chi connectivity index (χ2v) is 6.28. The number of carbonyl (C=O) groups is 2. The van der Waals surface area contributed by atoms with E-state index in [2.05, 4.69) is 5.32 Å². The van der Waals surface area contributed by atoms with Gasteiger partial charge in [0.1, 0.15) is 5.54 Å². The Morgan fingerprint density at radius 1 is 1.14 bits per heavy atom. The fourth-order valence-corrected chi connectivity index (χ4v) is 3.14. The molecule has 1 aromatic rings. The lowest BCUT2D eigenvalue weighted by molar-refractivity contribution is -0.152. The quantitative estimate of drug-likeness (QED) is 0.870. The van der Waals surface area contributed by atoms with Crippen LogP contribution < -0.4 is 5.32 Å². The molecule has 1 fully saturated rings. The first-order valence-electron chi connectivity index (χ1n) is 7.92. The zero-order valence-corrected chi connectivity index (χ0v) is 13.7. The minimum absolute atomic E-state index is 0.115. The highest BCUT2D eigenvalue weighted by atomic mass is 16.5. The molecule has 0 bridgehead atoms. The molecule has 0 unspecified atom stereocenters. The largest absolute Gasteiger partial charge is 0.467 e. The Kier molecular flexibility index (Phi) is 5.22. The minimum atomic E-state index is -0.830. The summed E-state index contributed by atoms with van der Waals surface area (Å²) in [4.78, 5) is 24.5. The molecule has 2 rings (SSSR count). The number of benzene rings is 1. The van der Waals surface area contributed by atoms with Crippen LogP contribution in [0.2, 0.25) is 0 Å². The second-order valence-electron chi connectivity index (χ2n) is 6.28. The van der Waals surface area contributed by atoms with E-state index in [-0.39, 0.29) is 11.9 Å². The molecule has 22 heavy (non-hydrogen) atoms. The van der Waals surface area contributed by atoms with Gasteiger partial charge in [0.15, 0.2) is 0 Å². The number of aryl methyl sites for hydroxylation is 2. The van der Waals surface area contributed by atoms with Gasteiger partial charge in [0, 0.05) is 0 Å². The molecule has 120 valence electrons. The number of nitrogens with one attached hydrogen (secondary N) is 1. The van der Waals surface area contributed by atoms with E-state index in [0.29, 0.717) is 19.3 Å². The van der Waals surface area contributed by atoms with E-state index < -0.39 is 5.54 Å². The molecule has 4 heteroatoms. The monoisotopic (exact) mass is 303 g/mol. The van der Waals surface area contributed by atoms with Gasteiger partial charge in [-0.25, -0.2) is 4.79 Å². The molecular formula is C18H25NO3. The maximum atomic E-state index is 12.4. The van der Waals surface area contributed by atoms with Crippen LogP contribution in [-0.4, -0.2) is 24.5 Å². The summed E-state index contributed by atoms with van der Waals surface area (Å²) in [5.74, 6) is -0.434. The summed E-state index contributed by atoms with van der Waals surface area (Å²) in [5, 5.41) is 2.95. The van der Waals surface area contributed by atoms with Crippen molar-refractivity contribution in [1.29, 1.82) is 0 Å². The van der Waals surface area contributed by atoms with Gasteiger partial charge < -0.3 is 10.1 Å². The topological polar surface area (TPSA) is 55.4 Å². The highest BCUT2D eigenvalue weighted by Crippen LogP contribution is 2.29. The average molecular weight is 303 g/mol. The number of methoxy groups -OCH3 is 1. The van der Waals surface area contributed by atoms with Gasteiger partial charge >= 0.3 is 5.97 Å². The van der Waals surface area contributed by atoms with Crippen LogP contribution in [0.5, 0.6) is 0 Å². The van der Waals surface area contributed by atoms with Gasteiger partial charge in [-0.3, -0.25) is 4.79 Å². The molecule has 1 aliphatic carbocycles. The summed E-state index contributed by atoms with van der Waals surface area (Å²) in [5.41, 5.74) is 2.52. The van der Waals surface area contributed by atoms with Crippen LogP contribution >= 0.6 is 0 Å². The lowest BCUT2D eigenvalue weighted by Gasteiger charge is -2.35. The molecule has 0 radical (unpaired) electrons. The van der Waals surface area contributed by atoms with Crippen molar-refractivity contribution in [3.05, 3.63) is 34.9 Å². The van der Waals surface area contributed by atoms with Crippen molar-refractivity contribution in [2.75, 3.05) is 7.11 Å². The predicted octanol–water partition coefficient (Wildman–Crippen LogP) is 2.84. The normalized spacial score (nSPS) is 16.9. The van der Waals surface area contributed by atoms with Crippen LogP contribution in [0, 0.1) is 13.8 Å². The number of esters is 1. The maximum absolute atomic E-state index is 12.4. The maximum Gasteiger partial charge on any atom is 0.331 e. The molecular weight excluding hydrogens is 278 g/mol. The fourth-order valence-electron chi connectivity index (χ4n) is 3.14. The van der Waals surface area contributed by atoms with Crippen LogP contribution in [0.4, 0.5) is 0 Å². The Labute approximate surface area is 132 Å². The van der Waals surface area contributed by atoms with Crippen LogP contribution in [0.25, 0.3) is 0 Å². The van der Waals surface area contributed by atoms with E-state index in [1.54, 1.807) is 0 Å². The standard InChI is InChI=1S/C18H25NO3/c1-13-7-8-15(11-14(13)2)12-16(20)19-18(17(21)22-3)9-5-4-6-10-18/h7-8,11H,4-6,9-10,12H2,1-3H3,(H,19,20). The lowest BCUT2D eigenvalue weighted by atomic mass is 9.81. The Balaban J connectivity index is 2.07. The molecule has 1 aromatic carbocycles. The third kappa shape index (κ3) is 3.67. The number of hydrogen-bond donors (Lipinski definition) is 1. The van der Waals surface area contributed by atoms with Crippen molar-refractivity contribution in [2.45, 2.75) is 57.9 Å². The van der Waals surface area contributed by atoms with Gasteiger partial charge in [-0.15, -0.1) is 0 Å². The zero-order chi connectivity index (χ0) is 16.2. The van der Waals surface area contributed by atoms with Crippen molar-refractivity contribution in [2.24, 2.45) is 0 Å². The highest BCUT2D eigenvalue weighted by Gasteiger charge is 2.41. The molecule has 1 amide bonds. The van der Waals surface area contributed by atoms with Crippen molar-refractivity contribution < 1.29 is 14.3 Å². The summed E-state index contributed by atoms with van der Waals surface area (Å²) in [6, 6.07) is 6.02. The number of amides is 1. The molecule has 4 nitrogen and oxygen atoms in total. The van der Waals surface area contributed by atoms with E-state index in [0.717, 1.165) is 24.8 Å². The number of hydrogen-bond acceptors (Lipinski definition) is 3. The van der Waals surface area contributed by atoms with Crippen molar-refractivity contribution >= 4 is 11.9 Å². The number of ether oxygens (including phenoxy) is 1. The zero-order valence-electron chi connectivity index (χ0n) is 13.7. The molecule has 1 N–H and O–H groups in total. The Morgan fingerprint density at radius 2 is 1.82 bits per heavy atom. The Hall–Kier alpha value is -1.84. The SMILES string of the molecule is COC(=O)C1(NC(=O)Cc2ccc(C)c(C)c2)CCCCC1. The van der Waals surface area contributed by atoms with Crippen molar-refractivity contribution in [1.82, 2.24) is 5.32 Å². The molecule has 0 aliphatic heterocycles. The smallest absolute Gasteiger partial charge is 0.331 e. The molecule has 0 heterocycles. The molecule has 0 atom stereocenters. The molecule has 0 aromatic heterocycles. The van der Waals surface area contributed by atoms with Gasteiger partial charge in [-0.1, -0.05) is 37.5 Å². The summed E-state index contributed by atoms with van der Waals surface area (Å²) < 4.78 is 4.93. The first-order valence-corrected chi connectivity index (χ1v) is 7.92. The van der Waals surface area contributed by atoms with Gasteiger partial charge in [-0.05, 0) is 43.4 Å². The first-order chi connectivity index (χ1) is 10.5. The molecule has 0 spiro atoms. The first kappa shape index (κ1) is 16.5. The second kappa shape index (κ2) is 6.95. The van der Waals surface area contributed by atoms with Gasteiger partial charge in [-0.2, -0.15) is 0 Å².